The van der Waals surface area contributed by atoms with Gasteiger partial charge in [0.05, 0.1) is 39.1 Å². The summed E-state index contributed by atoms with van der Waals surface area (Å²) in [7, 11) is 0. The summed E-state index contributed by atoms with van der Waals surface area (Å²) in [6, 6.07) is 0. The number of hydrogen-bond donors (Lipinski definition) is 1. The highest BCUT2D eigenvalue weighted by molar-refractivity contribution is 5.69. The summed E-state index contributed by atoms with van der Waals surface area (Å²) >= 11 is 0. The summed E-state index contributed by atoms with van der Waals surface area (Å²) in [4.78, 5) is 11.3. The number of aliphatic hydroxyl groups excluding tert-OH is 1. The molecule has 1 fully saturated rings. The zero-order chi connectivity index (χ0) is 13.9. The highest BCUT2D eigenvalue weighted by atomic mass is 16.7. The smallest absolute Gasteiger partial charge is 0.305 e. The Morgan fingerprint density at radius 2 is 2.11 bits per heavy atom. The van der Waals surface area contributed by atoms with Gasteiger partial charge in [-0.2, -0.15) is 0 Å². The van der Waals surface area contributed by atoms with Crippen molar-refractivity contribution in [3.05, 3.63) is 0 Å². The van der Waals surface area contributed by atoms with Gasteiger partial charge in [-0.3, -0.25) is 4.79 Å². The zero-order valence-corrected chi connectivity index (χ0v) is 11.5. The van der Waals surface area contributed by atoms with Crippen molar-refractivity contribution in [3.8, 4) is 0 Å². The van der Waals surface area contributed by atoms with Crippen LogP contribution in [0.1, 0.15) is 32.6 Å². The molecule has 0 aromatic rings. The molecule has 1 rings (SSSR count). The van der Waals surface area contributed by atoms with Gasteiger partial charge < -0.3 is 24.1 Å². The van der Waals surface area contributed by atoms with E-state index >= 15 is 0 Å². The SMILES string of the molecule is CCOC(=O)CCC(CCC1OCCO1)OCCO. The van der Waals surface area contributed by atoms with Crippen LogP contribution in [-0.2, 0) is 23.7 Å². The molecule has 19 heavy (non-hydrogen) atoms. The summed E-state index contributed by atoms with van der Waals surface area (Å²) in [5.74, 6) is -0.214. The maximum absolute atomic E-state index is 11.3. The third-order valence-electron chi connectivity index (χ3n) is 2.84. The summed E-state index contributed by atoms with van der Waals surface area (Å²) in [6.45, 7) is 3.70. The Morgan fingerprint density at radius 3 is 2.74 bits per heavy atom. The van der Waals surface area contributed by atoms with E-state index in [0.29, 0.717) is 32.7 Å². The molecule has 1 unspecified atom stereocenters. The minimum Gasteiger partial charge on any atom is -0.466 e. The molecule has 1 heterocycles. The third-order valence-corrected chi connectivity index (χ3v) is 2.84. The number of carbonyl (C=O) groups is 1. The number of carbonyl (C=O) groups excluding carboxylic acids is 1. The van der Waals surface area contributed by atoms with Crippen LogP contribution in [0.15, 0.2) is 0 Å². The van der Waals surface area contributed by atoms with Gasteiger partial charge in [0.2, 0.25) is 0 Å². The maximum atomic E-state index is 11.3. The second-order valence-electron chi connectivity index (χ2n) is 4.31. The van der Waals surface area contributed by atoms with Gasteiger partial charge in [-0.15, -0.1) is 0 Å². The van der Waals surface area contributed by atoms with Gasteiger partial charge >= 0.3 is 5.97 Å². The minimum absolute atomic E-state index is 0.0215. The quantitative estimate of drug-likeness (QED) is 0.597. The molecule has 0 bridgehead atoms. The standard InChI is InChI=1S/C13H24O6/c1-2-16-12(15)5-3-11(17-8-7-14)4-6-13-18-9-10-19-13/h11,13-14H,2-10H2,1H3. The molecule has 6 nitrogen and oxygen atoms in total. The number of ether oxygens (including phenoxy) is 4. The molecule has 0 aliphatic carbocycles. The van der Waals surface area contributed by atoms with E-state index in [1.807, 2.05) is 0 Å². The molecule has 0 radical (unpaired) electrons. The van der Waals surface area contributed by atoms with Crippen molar-refractivity contribution in [2.75, 3.05) is 33.0 Å². The molecular weight excluding hydrogens is 252 g/mol. The Bertz CT molecular complexity index is 239. The van der Waals surface area contributed by atoms with Crippen molar-refractivity contribution in [1.29, 1.82) is 0 Å². The van der Waals surface area contributed by atoms with Crippen molar-refractivity contribution < 1.29 is 28.8 Å². The highest BCUT2D eigenvalue weighted by Gasteiger charge is 2.19. The lowest BCUT2D eigenvalue weighted by Gasteiger charge is -2.18. The predicted octanol–water partition coefficient (Wildman–Crippen LogP) is 0.860. The number of esters is 1. The molecule has 1 aliphatic rings. The third kappa shape index (κ3) is 7.47. The van der Waals surface area contributed by atoms with Gasteiger partial charge in [-0.05, 0) is 19.8 Å². The van der Waals surface area contributed by atoms with Crippen LogP contribution < -0.4 is 0 Å². The van der Waals surface area contributed by atoms with Crippen molar-refractivity contribution in [2.45, 2.75) is 45.0 Å². The van der Waals surface area contributed by atoms with E-state index in [4.69, 9.17) is 24.1 Å². The minimum atomic E-state index is -0.214. The van der Waals surface area contributed by atoms with Gasteiger partial charge in [0.15, 0.2) is 6.29 Å². The predicted molar refractivity (Wildman–Crippen MR) is 67.6 cm³/mol. The number of hydrogen-bond acceptors (Lipinski definition) is 6. The Balaban J connectivity index is 2.22. The van der Waals surface area contributed by atoms with Gasteiger partial charge in [0.1, 0.15) is 0 Å². The first-order valence-corrected chi connectivity index (χ1v) is 6.87. The van der Waals surface area contributed by atoms with Crippen LogP contribution in [0.25, 0.3) is 0 Å². The molecular formula is C13H24O6. The molecule has 0 amide bonds. The van der Waals surface area contributed by atoms with Gasteiger partial charge in [0, 0.05) is 12.8 Å². The summed E-state index contributed by atoms with van der Waals surface area (Å²) in [5.41, 5.74) is 0. The number of aliphatic hydroxyl groups is 1. The molecule has 0 saturated carbocycles. The fraction of sp³-hybridized carbons (Fsp3) is 0.923. The van der Waals surface area contributed by atoms with E-state index in [1.165, 1.54) is 0 Å². The first kappa shape index (κ1) is 16.4. The van der Waals surface area contributed by atoms with Crippen molar-refractivity contribution >= 4 is 5.97 Å². The van der Waals surface area contributed by atoms with Crippen molar-refractivity contribution in [3.63, 3.8) is 0 Å². The Hall–Kier alpha value is -0.690. The van der Waals surface area contributed by atoms with E-state index in [1.54, 1.807) is 6.92 Å². The molecule has 1 N–H and O–H groups in total. The molecule has 0 spiro atoms. The first-order valence-electron chi connectivity index (χ1n) is 6.87. The summed E-state index contributed by atoms with van der Waals surface area (Å²) in [6.07, 6.45) is 2.15. The second kappa shape index (κ2) is 10.1. The maximum Gasteiger partial charge on any atom is 0.305 e. The molecule has 112 valence electrons. The van der Waals surface area contributed by atoms with Gasteiger partial charge in [0.25, 0.3) is 0 Å². The van der Waals surface area contributed by atoms with Crippen LogP contribution in [0, 0.1) is 0 Å². The summed E-state index contributed by atoms with van der Waals surface area (Å²) < 4.78 is 21.1. The molecule has 0 aromatic heterocycles. The lowest BCUT2D eigenvalue weighted by molar-refractivity contribution is -0.144. The van der Waals surface area contributed by atoms with Crippen LogP contribution in [0.4, 0.5) is 0 Å². The molecule has 1 aliphatic heterocycles. The first-order chi connectivity index (χ1) is 9.26. The average molecular weight is 276 g/mol. The van der Waals surface area contributed by atoms with E-state index in [2.05, 4.69) is 0 Å². The van der Waals surface area contributed by atoms with E-state index in [0.717, 1.165) is 12.8 Å². The molecule has 0 aromatic carbocycles. The Labute approximate surface area is 114 Å². The highest BCUT2D eigenvalue weighted by Crippen LogP contribution is 2.16. The number of rotatable bonds is 10. The zero-order valence-electron chi connectivity index (χ0n) is 11.5. The van der Waals surface area contributed by atoms with Gasteiger partial charge in [-0.1, -0.05) is 0 Å². The van der Waals surface area contributed by atoms with Crippen LogP contribution in [-0.4, -0.2) is 56.5 Å². The van der Waals surface area contributed by atoms with Crippen molar-refractivity contribution in [1.82, 2.24) is 0 Å². The topological polar surface area (TPSA) is 74.2 Å². The molecule has 1 saturated heterocycles. The van der Waals surface area contributed by atoms with Crippen molar-refractivity contribution in [2.24, 2.45) is 0 Å². The van der Waals surface area contributed by atoms with Crippen LogP contribution >= 0.6 is 0 Å². The van der Waals surface area contributed by atoms with Gasteiger partial charge in [-0.25, -0.2) is 0 Å². The Kier molecular flexibility index (Phi) is 8.73. The average Bonchev–Trinajstić information content (AvgIpc) is 2.91. The molecule has 6 heteroatoms. The fourth-order valence-corrected chi connectivity index (χ4v) is 1.94. The second-order valence-corrected chi connectivity index (χ2v) is 4.31. The lowest BCUT2D eigenvalue weighted by Crippen LogP contribution is -2.20. The summed E-state index contributed by atoms with van der Waals surface area (Å²) in [5, 5.41) is 8.79. The van der Waals surface area contributed by atoms with E-state index < -0.39 is 0 Å². The largest absolute Gasteiger partial charge is 0.466 e. The monoisotopic (exact) mass is 276 g/mol. The van der Waals surface area contributed by atoms with Crippen LogP contribution in [0.5, 0.6) is 0 Å². The van der Waals surface area contributed by atoms with Crippen LogP contribution in [0.2, 0.25) is 0 Å². The normalized spacial score (nSPS) is 17.6. The lowest BCUT2D eigenvalue weighted by atomic mass is 10.1. The van der Waals surface area contributed by atoms with E-state index in [-0.39, 0.29) is 31.6 Å². The van der Waals surface area contributed by atoms with Crippen LogP contribution in [0.3, 0.4) is 0 Å². The fourth-order valence-electron chi connectivity index (χ4n) is 1.94. The molecule has 1 atom stereocenters. The van der Waals surface area contributed by atoms with E-state index in [9.17, 15) is 4.79 Å². The Morgan fingerprint density at radius 1 is 1.37 bits per heavy atom.